The van der Waals surface area contributed by atoms with Gasteiger partial charge in [-0.2, -0.15) is 0 Å². The van der Waals surface area contributed by atoms with Crippen LogP contribution in [0.5, 0.6) is 0 Å². The summed E-state index contributed by atoms with van der Waals surface area (Å²) in [5, 5.41) is 0. The lowest BCUT2D eigenvalue weighted by atomic mass is 9.97. The van der Waals surface area contributed by atoms with Crippen LogP contribution in [0, 0.1) is 0 Å². The van der Waals surface area contributed by atoms with E-state index in [4.69, 9.17) is 5.73 Å². The molecule has 2 aromatic carbocycles. The Hall–Kier alpha value is -2.13. The van der Waals surface area contributed by atoms with Gasteiger partial charge >= 0.3 is 0 Å². The topological polar surface area (TPSA) is 46.3 Å². The van der Waals surface area contributed by atoms with E-state index in [9.17, 15) is 4.79 Å². The summed E-state index contributed by atoms with van der Waals surface area (Å²) in [6, 6.07) is 17.3. The lowest BCUT2D eigenvalue weighted by Crippen LogP contribution is -2.26. The molecule has 0 saturated carbocycles. The Labute approximate surface area is 144 Å². The first kappa shape index (κ1) is 16.7. The number of carbonyl (C=O) groups is 1. The van der Waals surface area contributed by atoms with E-state index >= 15 is 0 Å². The molecule has 1 heterocycles. The molecule has 1 atom stereocenters. The van der Waals surface area contributed by atoms with Gasteiger partial charge in [-0.25, -0.2) is 0 Å². The van der Waals surface area contributed by atoms with Crippen LogP contribution in [0.3, 0.4) is 0 Å². The molecule has 3 rings (SSSR count). The second kappa shape index (κ2) is 7.63. The van der Waals surface area contributed by atoms with Gasteiger partial charge < -0.3 is 10.6 Å². The molecule has 0 bridgehead atoms. The van der Waals surface area contributed by atoms with E-state index in [1.807, 2.05) is 4.90 Å². The lowest BCUT2D eigenvalue weighted by molar-refractivity contribution is -0.127. The second-order valence-electron chi connectivity index (χ2n) is 6.69. The van der Waals surface area contributed by atoms with Crippen molar-refractivity contribution in [1.82, 2.24) is 4.90 Å². The van der Waals surface area contributed by atoms with Gasteiger partial charge in [0.05, 0.1) is 0 Å². The first-order valence-electron chi connectivity index (χ1n) is 8.84. The quantitative estimate of drug-likeness (QED) is 0.883. The maximum atomic E-state index is 11.6. The van der Waals surface area contributed by atoms with E-state index < -0.39 is 0 Å². The van der Waals surface area contributed by atoms with Gasteiger partial charge in [0.1, 0.15) is 0 Å². The van der Waals surface area contributed by atoms with E-state index in [2.05, 4.69) is 55.5 Å². The maximum Gasteiger partial charge on any atom is 0.222 e. The molecule has 126 valence electrons. The van der Waals surface area contributed by atoms with Crippen molar-refractivity contribution in [3.63, 3.8) is 0 Å². The Morgan fingerprint density at radius 1 is 1.04 bits per heavy atom. The van der Waals surface area contributed by atoms with Crippen molar-refractivity contribution in [3.8, 4) is 11.1 Å². The third kappa shape index (κ3) is 3.85. The average Bonchev–Trinajstić information content (AvgIpc) is 3.05. The van der Waals surface area contributed by atoms with Gasteiger partial charge in [0.15, 0.2) is 0 Å². The Bertz CT molecular complexity index is 676. The highest BCUT2D eigenvalue weighted by atomic mass is 16.2. The molecule has 0 radical (unpaired) electrons. The molecule has 1 fully saturated rings. The van der Waals surface area contributed by atoms with Gasteiger partial charge in [-0.1, -0.05) is 55.5 Å². The zero-order chi connectivity index (χ0) is 16.9. The molecule has 1 amide bonds. The Kier molecular flexibility index (Phi) is 5.31. The molecular weight excluding hydrogens is 296 g/mol. The summed E-state index contributed by atoms with van der Waals surface area (Å²) in [7, 11) is 0. The largest absolute Gasteiger partial charge is 0.342 e. The van der Waals surface area contributed by atoms with Crippen LogP contribution >= 0.6 is 0 Å². The molecule has 3 heteroatoms. The number of amides is 1. The van der Waals surface area contributed by atoms with Crippen LogP contribution in [-0.4, -0.2) is 30.4 Å². The fourth-order valence-electron chi connectivity index (χ4n) is 3.21. The number of carbonyl (C=O) groups excluding carboxylic acids is 1. The molecule has 0 aromatic heterocycles. The summed E-state index contributed by atoms with van der Waals surface area (Å²) in [6.07, 6.45) is 2.66. The fourth-order valence-corrected chi connectivity index (χ4v) is 3.21. The predicted octanol–water partition coefficient (Wildman–Crippen LogP) is 3.58. The van der Waals surface area contributed by atoms with Crippen molar-refractivity contribution in [2.75, 3.05) is 19.6 Å². The van der Waals surface area contributed by atoms with Gasteiger partial charge in [0.2, 0.25) is 5.91 Å². The predicted molar refractivity (Wildman–Crippen MR) is 98.9 cm³/mol. The van der Waals surface area contributed by atoms with Crippen LogP contribution in [0.15, 0.2) is 48.5 Å². The van der Waals surface area contributed by atoms with Gasteiger partial charge in [-0.15, -0.1) is 0 Å². The summed E-state index contributed by atoms with van der Waals surface area (Å²) in [4.78, 5) is 13.6. The smallest absolute Gasteiger partial charge is 0.222 e. The number of hydrogen-bond acceptors (Lipinski definition) is 2. The summed E-state index contributed by atoms with van der Waals surface area (Å²) in [6.45, 7) is 4.58. The number of rotatable bonds is 6. The van der Waals surface area contributed by atoms with Gasteiger partial charge in [0, 0.05) is 19.5 Å². The fraction of sp³-hybridized carbons (Fsp3) is 0.381. The van der Waals surface area contributed by atoms with Gasteiger partial charge in [-0.3, -0.25) is 4.79 Å². The molecule has 0 aliphatic carbocycles. The number of nitrogens with two attached hydrogens (primary N) is 1. The monoisotopic (exact) mass is 322 g/mol. The molecule has 2 N–H and O–H groups in total. The van der Waals surface area contributed by atoms with Crippen LogP contribution in [0.1, 0.15) is 36.8 Å². The zero-order valence-corrected chi connectivity index (χ0v) is 14.4. The van der Waals surface area contributed by atoms with Crippen LogP contribution in [0.4, 0.5) is 0 Å². The highest BCUT2D eigenvalue weighted by Crippen LogP contribution is 2.23. The molecule has 0 spiro atoms. The van der Waals surface area contributed by atoms with Crippen molar-refractivity contribution < 1.29 is 4.79 Å². The third-order valence-corrected chi connectivity index (χ3v) is 4.96. The highest BCUT2D eigenvalue weighted by Gasteiger charge is 2.19. The number of nitrogens with zero attached hydrogens (tertiary/aromatic N) is 1. The van der Waals surface area contributed by atoms with Crippen molar-refractivity contribution in [1.29, 1.82) is 0 Å². The SMILES string of the molecule is CC(CN)c1ccc(-c2ccc(CCN3CCCC3=O)cc2)cc1. The van der Waals surface area contributed by atoms with Crippen LogP contribution in [0.25, 0.3) is 11.1 Å². The van der Waals surface area contributed by atoms with E-state index in [1.165, 1.54) is 22.3 Å². The minimum atomic E-state index is 0.304. The summed E-state index contributed by atoms with van der Waals surface area (Å²) >= 11 is 0. The molecule has 24 heavy (non-hydrogen) atoms. The molecular formula is C21H26N2O. The first-order valence-corrected chi connectivity index (χ1v) is 8.84. The Morgan fingerprint density at radius 2 is 1.67 bits per heavy atom. The molecule has 1 saturated heterocycles. The maximum absolute atomic E-state index is 11.6. The van der Waals surface area contributed by atoms with Crippen molar-refractivity contribution in [3.05, 3.63) is 59.7 Å². The van der Waals surface area contributed by atoms with E-state index in [0.29, 0.717) is 18.4 Å². The number of benzene rings is 2. The van der Waals surface area contributed by atoms with Crippen LogP contribution in [0.2, 0.25) is 0 Å². The number of likely N-dealkylation sites (tertiary alicyclic amines) is 1. The van der Waals surface area contributed by atoms with E-state index in [-0.39, 0.29) is 0 Å². The lowest BCUT2D eigenvalue weighted by Gasteiger charge is -2.15. The minimum Gasteiger partial charge on any atom is -0.342 e. The molecule has 2 aromatic rings. The molecule has 1 aliphatic rings. The highest BCUT2D eigenvalue weighted by molar-refractivity contribution is 5.78. The normalized spacial score (nSPS) is 15.8. The van der Waals surface area contributed by atoms with E-state index in [1.54, 1.807) is 0 Å². The van der Waals surface area contributed by atoms with Crippen molar-refractivity contribution >= 4 is 5.91 Å². The molecule has 1 aliphatic heterocycles. The Morgan fingerprint density at radius 3 is 2.21 bits per heavy atom. The van der Waals surface area contributed by atoms with Crippen molar-refractivity contribution in [2.45, 2.75) is 32.1 Å². The summed E-state index contributed by atoms with van der Waals surface area (Å²) < 4.78 is 0. The summed E-state index contributed by atoms with van der Waals surface area (Å²) in [5.74, 6) is 0.702. The van der Waals surface area contributed by atoms with E-state index in [0.717, 1.165) is 32.4 Å². The second-order valence-corrected chi connectivity index (χ2v) is 6.69. The molecule has 1 unspecified atom stereocenters. The van der Waals surface area contributed by atoms with Gasteiger partial charge in [-0.05, 0) is 47.6 Å². The first-order chi connectivity index (χ1) is 11.7. The Balaban J connectivity index is 1.62. The number of hydrogen-bond donors (Lipinski definition) is 1. The average molecular weight is 322 g/mol. The van der Waals surface area contributed by atoms with Crippen LogP contribution < -0.4 is 5.73 Å². The standard InChI is InChI=1S/C21H26N2O/c1-16(15-22)18-8-10-20(11-9-18)19-6-4-17(5-7-19)12-14-23-13-2-3-21(23)24/h4-11,16H,2-3,12-15,22H2,1H3. The van der Waals surface area contributed by atoms with Crippen molar-refractivity contribution in [2.24, 2.45) is 5.73 Å². The minimum absolute atomic E-state index is 0.304. The summed E-state index contributed by atoms with van der Waals surface area (Å²) in [5.41, 5.74) is 10.7. The van der Waals surface area contributed by atoms with Crippen LogP contribution in [-0.2, 0) is 11.2 Å². The van der Waals surface area contributed by atoms with Gasteiger partial charge in [0.25, 0.3) is 0 Å². The zero-order valence-electron chi connectivity index (χ0n) is 14.4. The third-order valence-electron chi connectivity index (χ3n) is 4.96. The molecule has 3 nitrogen and oxygen atoms in total.